The first-order valence-corrected chi connectivity index (χ1v) is 14.3. The minimum atomic E-state index is -2.54. The van der Waals surface area contributed by atoms with Gasteiger partial charge in [0, 0.05) is 69.7 Å². The SMILES string of the molecule is Cc1cc(-c2cnn3c(NCCN4CCC(F)(F)CC4)cc(NC4CCCC4)nc23)ccc1C(=O)NC1CC1.[HH]. The second kappa shape index (κ2) is 10.7. The number of carbonyl (C=O) groups is 1. The van der Waals surface area contributed by atoms with Gasteiger partial charge in [-0.15, -0.1) is 0 Å². The third-order valence-electron chi connectivity index (χ3n) is 8.20. The lowest BCUT2D eigenvalue weighted by molar-refractivity contribution is -0.0543. The molecule has 1 aromatic carbocycles. The lowest BCUT2D eigenvalue weighted by Crippen LogP contribution is -2.41. The van der Waals surface area contributed by atoms with E-state index in [9.17, 15) is 13.6 Å². The summed E-state index contributed by atoms with van der Waals surface area (Å²) in [5.41, 5.74) is 4.18. The lowest BCUT2D eigenvalue weighted by atomic mass is 10.0. The molecule has 2 aromatic heterocycles. The molecule has 2 saturated carbocycles. The van der Waals surface area contributed by atoms with Crippen molar-refractivity contribution in [2.75, 3.05) is 36.8 Å². The summed E-state index contributed by atoms with van der Waals surface area (Å²) in [7, 11) is 0. The van der Waals surface area contributed by atoms with Gasteiger partial charge in [-0.25, -0.2) is 13.8 Å². The highest BCUT2D eigenvalue weighted by atomic mass is 19.3. The average Bonchev–Trinajstić information content (AvgIpc) is 3.38. The zero-order valence-electron chi connectivity index (χ0n) is 22.5. The minimum absolute atomic E-state index is 0. The summed E-state index contributed by atoms with van der Waals surface area (Å²) in [5, 5.41) is 14.8. The number of hydrogen-bond donors (Lipinski definition) is 3. The van der Waals surface area contributed by atoms with Gasteiger partial charge >= 0.3 is 0 Å². The van der Waals surface area contributed by atoms with Gasteiger partial charge in [-0.2, -0.15) is 9.61 Å². The van der Waals surface area contributed by atoms with E-state index in [0.29, 0.717) is 43.8 Å². The molecular formula is C29H39F2N7O. The predicted octanol–water partition coefficient (Wildman–Crippen LogP) is 5.34. The molecule has 1 saturated heterocycles. The molecule has 0 spiro atoms. The molecule has 210 valence electrons. The summed E-state index contributed by atoms with van der Waals surface area (Å²) in [4.78, 5) is 19.7. The fourth-order valence-electron chi connectivity index (χ4n) is 5.67. The normalized spacial score (nSPS) is 19.9. The van der Waals surface area contributed by atoms with E-state index in [1.807, 2.05) is 41.9 Å². The van der Waals surface area contributed by atoms with Crippen molar-refractivity contribution in [2.24, 2.45) is 0 Å². The molecule has 3 fully saturated rings. The summed E-state index contributed by atoms with van der Waals surface area (Å²) < 4.78 is 28.9. The van der Waals surface area contributed by atoms with Crippen LogP contribution in [0.5, 0.6) is 0 Å². The number of rotatable bonds is 9. The molecule has 10 heteroatoms. The monoisotopic (exact) mass is 539 g/mol. The van der Waals surface area contributed by atoms with Crippen LogP contribution in [0, 0.1) is 6.92 Å². The number of alkyl halides is 2. The molecule has 8 nitrogen and oxygen atoms in total. The van der Waals surface area contributed by atoms with Crippen LogP contribution < -0.4 is 16.0 Å². The number of hydrogen-bond acceptors (Lipinski definition) is 6. The number of aryl methyl sites for hydroxylation is 1. The van der Waals surface area contributed by atoms with Crippen LogP contribution in [0.15, 0.2) is 30.5 Å². The Morgan fingerprint density at radius 1 is 1.10 bits per heavy atom. The van der Waals surface area contributed by atoms with Gasteiger partial charge in [0.2, 0.25) is 0 Å². The molecule has 0 atom stereocenters. The summed E-state index contributed by atoms with van der Waals surface area (Å²) >= 11 is 0. The Morgan fingerprint density at radius 2 is 1.87 bits per heavy atom. The number of amides is 1. The first-order chi connectivity index (χ1) is 18.8. The van der Waals surface area contributed by atoms with E-state index in [1.54, 1.807) is 0 Å². The zero-order chi connectivity index (χ0) is 27.0. The number of nitrogens with one attached hydrogen (secondary N) is 3. The Labute approximate surface area is 229 Å². The largest absolute Gasteiger partial charge is 0.369 e. The quantitative estimate of drug-likeness (QED) is 0.340. The maximum Gasteiger partial charge on any atom is 0.251 e. The van der Waals surface area contributed by atoms with E-state index in [0.717, 1.165) is 59.7 Å². The number of piperidine rings is 1. The molecule has 3 aliphatic rings. The molecule has 0 unspecified atom stereocenters. The van der Waals surface area contributed by atoms with Crippen molar-refractivity contribution in [3.8, 4) is 11.1 Å². The highest BCUT2D eigenvalue weighted by Gasteiger charge is 2.33. The van der Waals surface area contributed by atoms with Gasteiger partial charge in [0.25, 0.3) is 11.8 Å². The number of aromatic nitrogens is 3. The van der Waals surface area contributed by atoms with E-state index < -0.39 is 5.92 Å². The molecule has 1 aliphatic heterocycles. The number of benzene rings is 1. The van der Waals surface area contributed by atoms with Crippen LogP contribution >= 0.6 is 0 Å². The maximum atomic E-state index is 13.5. The summed E-state index contributed by atoms with van der Waals surface area (Å²) in [5.74, 6) is -0.948. The first-order valence-electron chi connectivity index (χ1n) is 14.3. The van der Waals surface area contributed by atoms with Gasteiger partial charge in [0.1, 0.15) is 11.6 Å². The predicted molar refractivity (Wildman–Crippen MR) is 151 cm³/mol. The Balaban J connectivity index is 0.00000323. The van der Waals surface area contributed by atoms with Gasteiger partial charge in [0.05, 0.1) is 6.20 Å². The van der Waals surface area contributed by atoms with Crippen LogP contribution in [0.2, 0.25) is 0 Å². The Hall–Kier alpha value is -3.27. The van der Waals surface area contributed by atoms with Crippen LogP contribution in [0.4, 0.5) is 20.4 Å². The molecule has 0 bridgehead atoms. The summed E-state index contributed by atoms with van der Waals surface area (Å²) in [6.45, 7) is 4.08. The second-order valence-electron chi connectivity index (χ2n) is 11.3. The number of nitrogens with zero attached hydrogens (tertiary/aromatic N) is 4. The number of anilines is 2. The molecule has 3 heterocycles. The van der Waals surface area contributed by atoms with E-state index in [-0.39, 0.29) is 20.2 Å². The molecule has 39 heavy (non-hydrogen) atoms. The third-order valence-corrected chi connectivity index (χ3v) is 8.20. The standard InChI is InChI=1S/C29H37F2N7O.H2/c1-19-16-20(6-9-23(19)28(39)35-22-7-8-22)24-18-33-38-26(32-12-15-37-13-10-29(30,31)11-14-37)17-25(36-27(24)38)34-21-4-2-3-5-21;/h6,9,16-18,21-22,32H,2-5,7-8,10-15H2,1H3,(H,34,36)(H,35,39);1H. The van der Waals surface area contributed by atoms with Crippen LogP contribution in [0.1, 0.15) is 68.7 Å². The number of carbonyl (C=O) groups excluding carboxylic acids is 1. The van der Waals surface area contributed by atoms with Crippen molar-refractivity contribution in [1.82, 2.24) is 24.8 Å². The van der Waals surface area contributed by atoms with Crippen molar-refractivity contribution < 1.29 is 15.0 Å². The Bertz CT molecular complexity index is 1340. The average molecular weight is 540 g/mol. The topological polar surface area (TPSA) is 86.6 Å². The smallest absolute Gasteiger partial charge is 0.251 e. The number of fused-ring (bicyclic) bond motifs is 1. The van der Waals surface area contributed by atoms with Gasteiger partial charge in [-0.3, -0.25) is 4.79 Å². The van der Waals surface area contributed by atoms with Crippen molar-refractivity contribution in [3.05, 3.63) is 41.6 Å². The highest BCUT2D eigenvalue weighted by molar-refractivity contribution is 5.97. The fourth-order valence-corrected chi connectivity index (χ4v) is 5.67. The van der Waals surface area contributed by atoms with Crippen molar-refractivity contribution >= 4 is 23.2 Å². The molecule has 3 N–H and O–H groups in total. The van der Waals surface area contributed by atoms with Crippen molar-refractivity contribution in [3.63, 3.8) is 0 Å². The summed E-state index contributed by atoms with van der Waals surface area (Å²) in [6, 6.07) is 8.57. The van der Waals surface area contributed by atoms with Gasteiger partial charge in [-0.1, -0.05) is 25.0 Å². The lowest BCUT2D eigenvalue weighted by Gasteiger charge is -2.31. The van der Waals surface area contributed by atoms with Crippen LogP contribution in [0.25, 0.3) is 16.8 Å². The highest BCUT2D eigenvalue weighted by Crippen LogP contribution is 2.31. The minimum Gasteiger partial charge on any atom is -0.369 e. The van der Waals surface area contributed by atoms with E-state index >= 15 is 0 Å². The fraction of sp³-hybridized carbons (Fsp3) is 0.552. The molecule has 3 aromatic rings. The maximum absolute atomic E-state index is 13.5. The molecule has 2 aliphatic carbocycles. The number of likely N-dealkylation sites (tertiary alicyclic amines) is 1. The first kappa shape index (κ1) is 26.0. The van der Waals surface area contributed by atoms with E-state index in [1.165, 1.54) is 12.8 Å². The van der Waals surface area contributed by atoms with Crippen molar-refractivity contribution in [1.29, 1.82) is 0 Å². The number of halogens is 2. The van der Waals surface area contributed by atoms with E-state index in [4.69, 9.17) is 4.98 Å². The third kappa shape index (κ3) is 6.00. The van der Waals surface area contributed by atoms with Crippen LogP contribution in [0.3, 0.4) is 0 Å². The molecular weight excluding hydrogens is 500 g/mol. The Kier molecular flexibility index (Phi) is 7.14. The van der Waals surface area contributed by atoms with Gasteiger partial charge in [0.15, 0.2) is 5.65 Å². The van der Waals surface area contributed by atoms with Gasteiger partial charge < -0.3 is 20.9 Å². The summed E-state index contributed by atoms with van der Waals surface area (Å²) in [6.07, 6.45) is 8.47. The molecule has 1 amide bonds. The van der Waals surface area contributed by atoms with Gasteiger partial charge in [-0.05, 0) is 49.8 Å². The van der Waals surface area contributed by atoms with Crippen molar-refractivity contribution in [2.45, 2.75) is 76.3 Å². The Morgan fingerprint density at radius 3 is 2.59 bits per heavy atom. The van der Waals surface area contributed by atoms with E-state index in [2.05, 4.69) is 25.9 Å². The van der Waals surface area contributed by atoms with Crippen LogP contribution in [-0.4, -0.2) is 69.6 Å². The second-order valence-corrected chi connectivity index (χ2v) is 11.3. The zero-order valence-corrected chi connectivity index (χ0v) is 22.5. The van der Waals surface area contributed by atoms with Crippen LogP contribution in [-0.2, 0) is 0 Å². The molecule has 0 radical (unpaired) electrons. The molecule has 6 rings (SSSR count).